The molecule has 2 N–H and O–H groups in total. The number of nitrogens with two attached hydrogens (primary N) is 1. The van der Waals surface area contributed by atoms with E-state index in [-0.39, 0.29) is 6.04 Å². The van der Waals surface area contributed by atoms with Crippen LogP contribution in [0.2, 0.25) is 0 Å². The lowest BCUT2D eigenvalue weighted by molar-refractivity contribution is 0.521. The minimum atomic E-state index is 0.199. The molecule has 1 unspecified atom stereocenters. The topological polar surface area (TPSA) is 56.7 Å². The van der Waals surface area contributed by atoms with Crippen LogP contribution in [0.5, 0.6) is 0 Å². The average molecular weight is 216 g/mol. The molecule has 1 aromatic carbocycles. The van der Waals surface area contributed by atoms with Crippen LogP contribution in [0.15, 0.2) is 36.5 Å². The first-order valence-corrected chi connectivity index (χ1v) is 5.47. The predicted octanol–water partition coefficient (Wildman–Crippen LogP) is 1.39. The van der Waals surface area contributed by atoms with Gasteiger partial charge in [0.15, 0.2) is 0 Å². The maximum absolute atomic E-state index is 5.56. The third-order valence-electron chi connectivity index (χ3n) is 2.70. The summed E-state index contributed by atoms with van der Waals surface area (Å²) in [6.07, 6.45) is 2.59. The molecular formula is C12H16N4. The lowest BCUT2D eigenvalue weighted by Gasteiger charge is -2.14. The van der Waals surface area contributed by atoms with Crippen molar-refractivity contribution in [1.82, 2.24) is 15.0 Å². The zero-order valence-corrected chi connectivity index (χ0v) is 9.37. The van der Waals surface area contributed by atoms with Gasteiger partial charge in [-0.05, 0) is 19.0 Å². The van der Waals surface area contributed by atoms with Gasteiger partial charge in [0.2, 0.25) is 0 Å². The summed E-state index contributed by atoms with van der Waals surface area (Å²) in [5.74, 6) is 0. The Kier molecular flexibility index (Phi) is 3.31. The summed E-state index contributed by atoms with van der Waals surface area (Å²) in [6.45, 7) is 2.74. The average Bonchev–Trinajstić information content (AvgIpc) is 2.78. The third-order valence-corrected chi connectivity index (χ3v) is 2.70. The van der Waals surface area contributed by atoms with Crippen molar-refractivity contribution in [3.05, 3.63) is 47.8 Å². The zero-order chi connectivity index (χ0) is 11.4. The maximum atomic E-state index is 5.56. The molecule has 84 valence electrons. The molecule has 1 aromatic heterocycles. The van der Waals surface area contributed by atoms with Gasteiger partial charge < -0.3 is 5.73 Å². The first kappa shape index (κ1) is 10.8. The van der Waals surface area contributed by atoms with Crippen LogP contribution in [0.4, 0.5) is 0 Å². The Morgan fingerprint density at radius 3 is 2.75 bits per heavy atom. The molecule has 0 aliphatic heterocycles. The molecule has 4 nitrogen and oxygen atoms in total. The summed E-state index contributed by atoms with van der Waals surface area (Å²) in [5.41, 5.74) is 7.87. The van der Waals surface area contributed by atoms with Crippen LogP contribution >= 0.6 is 0 Å². The molecule has 1 heterocycles. The first-order valence-electron chi connectivity index (χ1n) is 5.47. The fraction of sp³-hybridized carbons (Fsp3) is 0.333. The number of hydrogen-bond donors (Lipinski definition) is 1. The SMILES string of the molecule is CC(c1ccccc1)n1nncc1CCN. The van der Waals surface area contributed by atoms with E-state index in [2.05, 4.69) is 29.4 Å². The molecule has 0 spiro atoms. The van der Waals surface area contributed by atoms with Crippen LogP contribution in [0.25, 0.3) is 0 Å². The van der Waals surface area contributed by atoms with Crippen LogP contribution in [0.1, 0.15) is 24.2 Å². The Hall–Kier alpha value is -1.68. The van der Waals surface area contributed by atoms with Gasteiger partial charge in [0.05, 0.1) is 17.9 Å². The van der Waals surface area contributed by atoms with Crippen molar-refractivity contribution in [2.45, 2.75) is 19.4 Å². The smallest absolute Gasteiger partial charge is 0.0761 e. The van der Waals surface area contributed by atoms with Gasteiger partial charge in [0.1, 0.15) is 0 Å². The van der Waals surface area contributed by atoms with Crippen LogP contribution in [0.3, 0.4) is 0 Å². The van der Waals surface area contributed by atoms with Crippen molar-refractivity contribution in [3.63, 3.8) is 0 Å². The molecule has 4 heteroatoms. The summed E-state index contributed by atoms with van der Waals surface area (Å²) >= 11 is 0. The fourth-order valence-electron chi connectivity index (χ4n) is 1.79. The Bertz CT molecular complexity index is 435. The molecule has 0 saturated heterocycles. The first-order chi connectivity index (χ1) is 7.83. The van der Waals surface area contributed by atoms with Gasteiger partial charge in [0.25, 0.3) is 0 Å². The number of benzene rings is 1. The molecule has 0 amide bonds. The Balaban J connectivity index is 2.27. The Morgan fingerprint density at radius 2 is 2.06 bits per heavy atom. The van der Waals surface area contributed by atoms with Crippen molar-refractivity contribution >= 4 is 0 Å². The standard InChI is InChI=1S/C12H16N4/c1-10(11-5-3-2-4-6-11)16-12(7-8-13)9-14-15-16/h2-6,9-10H,7-8,13H2,1H3. The highest BCUT2D eigenvalue weighted by atomic mass is 15.4. The van der Waals surface area contributed by atoms with Crippen molar-refractivity contribution in [1.29, 1.82) is 0 Å². The van der Waals surface area contributed by atoms with E-state index in [9.17, 15) is 0 Å². The van der Waals surface area contributed by atoms with Crippen LogP contribution < -0.4 is 5.73 Å². The Labute approximate surface area is 95.1 Å². The molecule has 16 heavy (non-hydrogen) atoms. The van der Waals surface area contributed by atoms with E-state index in [0.717, 1.165) is 12.1 Å². The van der Waals surface area contributed by atoms with Gasteiger partial charge in [-0.15, -0.1) is 5.10 Å². The zero-order valence-electron chi connectivity index (χ0n) is 9.37. The molecule has 0 radical (unpaired) electrons. The normalized spacial score (nSPS) is 12.6. The van der Waals surface area contributed by atoms with Gasteiger partial charge in [0, 0.05) is 6.42 Å². The monoisotopic (exact) mass is 216 g/mol. The largest absolute Gasteiger partial charge is 0.330 e. The van der Waals surface area contributed by atoms with Gasteiger partial charge >= 0.3 is 0 Å². The van der Waals surface area contributed by atoms with Gasteiger partial charge in [-0.3, -0.25) is 0 Å². The molecule has 2 aromatic rings. The lowest BCUT2D eigenvalue weighted by atomic mass is 10.1. The number of aromatic nitrogens is 3. The van der Waals surface area contributed by atoms with E-state index < -0.39 is 0 Å². The van der Waals surface area contributed by atoms with Gasteiger partial charge in [-0.2, -0.15) is 0 Å². The van der Waals surface area contributed by atoms with E-state index in [1.165, 1.54) is 5.56 Å². The minimum Gasteiger partial charge on any atom is -0.330 e. The molecule has 2 rings (SSSR count). The molecular weight excluding hydrogens is 200 g/mol. The van der Waals surface area contributed by atoms with E-state index in [1.54, 1.807) is 6.20 Å². The third kappa shape index (κ3) is 2.12. The van der Waals surface area contributed by atoms with Crippen molar-refractivity contribution in [3.8, 4) is 0 Å². The lowest BCUT2D eigenvalue weighted by Crippen LogP contribution is -2.14. The van der Waals surface area contributed by atoms with E-state index in [4.69, 9.17) is 5.73 Å². The highest BCUT2D eigenvalue weighted by molar-refractivity contribution is 5.19. The summed E-state index contributed by atoms with van der Waals surface area (Å²) in [7, 11) is 0. The number of hydrogen-bond acceptors (Lipinski definition) is 3. The molecule has 0 fully saturated rings. The summed E-state index contributed by atoms with van der Waals surface area (Å²) < 4.78 is 1.93. The van der Waals surface area contributed by atoms with E-state index in [1.807, 2.05) is 22.9 Å². The summed E-state index contributed by atoms with van der Waals surface area (Å²) in [4.78, 5) is 0. The van der Waals surface area contributed by atoms with E-state index in [0.29, 0.717) is 6.54 Å². The van der Waals surface area contributed by atoms with Crippen LogP contribution in [-0.4, -0.2) is 21.5 Å². The van der Waals surface area contributed by atoms with Crippen LogP contribution in [0, 0.1) is 0 Å². The predicted molar refractivity (Wildman–Crippen MR) is 63.0 cm³/mol. The molecule has 0 aliphatic carbocycles. The van der Waals surface area contributed by atoms with Crippen molar-refractivity contribution in [2.75, 3.05) is 6.54 Å². The Morgan fingerprint density at radius 1 is 1.31 bits per heavy atom. The minimum absolute atomic E-state index is 0.199. The summed E-state index contributed by atoms with van der Waals surface area (Å²) in [5, 5.41) is 8.07. The van der Waals surface area contributed by atoms with E-state index >= 15 is 0 Å². The van der Waals surface area contributed by atoms with Crippen LogP contribution in [-0.2, 0) is 6.42 Å². The van der Waals surface area contributed by atoms with Gasteiger partial charge in [-0.25, -0.2) is 4.68 Å². The van der Waals surface area contributed by atoms with Gasteiger partial charge in [-0.1, -0.05) is 35.5 Å². The molecule has 0 aliphatic rings. The second-order valence-corrected chi connectivity index (χ2v) is 3.80. The molecule has 1 atom stereocenters. The highest BCUT2D eigenvalue weighted by Gasteiger charge is 2.12. The highest BCUT2D eigenvalue weighted by Crippen LogP contribution is 2.17. The number of rotatable bonds is 4. The second kappa shape index (κ2) is 4.90. The quantitative estimate of drug-likeness (QED) is 0.840. The van der Waals surface area contributed by atoms with Crippen molar-refractivity contribution < 1.29 is 0 Å². The molecule has 0 bridgehead atoms. The number of nitrogens with zero attached hydrogens (tertiary/aromatic N) is 3. The fourth-order valence-corrected chi connectivity index (χ4v) is 1.79. The maximum Gasteiger partial charge on any atom is 0.0761 e. The summed E-state index contributed by atoms with van der Waals surface area (Å²) in [6, 6.07) is 10.5. The molecule has 0 saturated carbocycles. The van der Waals surface area contributed by atoms with Crippen molar-refractivity contribution in [2.24, 2.45) is 5.73 Å². The second-order valence-electron chi connectivity index (χ2n) is 3.80.